The van der Waals surface area contributed by atoms with Gasteiger partial charge in [0.25, 0.3) is 0 Å². The summed E-state index contributed by atoms with van der Waals surface area (Å²) in [5.41, 5.74) is 7.43. The molecule has 0 fully saturated rings. The van der Waals surface area contributed by atoms with Crippen LogP contribution in [0.2, 0.25) is 0 Å². The predicted molar refractivity (Wildman–Crippen MR) is 80.9 cm³/mol. The lowest BCUT2D eigenvalue weighted by Gasteiger charge is -1.95. The van der Waals surface area contributed by atoms with Crippen molar-refractivity contribution in [2.24, 2.45) is 5.73 Å². The minimum atomic E-state index is -3.27. The van der Waals surface area contributed by atoms with Gasteiger partial charge < -0.3 is 10.2 Å². The van der Waals surface area contributed by atoms with E-state index in [2.05, 4.69) is 9.97 Å². The lowest BCUT2D eigenvalue weighted by molar-refractivity contribution is 0.602. The Morgan fingerprint density at radius 1 is 1.33 bits per heavy atom. The Morgan fingerprint density at radius 2 is 2.10 bits per heavy atom. The number of hydrogen-bond acceptors (Lipinski definition) is 7. The first kappa shape index (κ1) is 14.2. The van der Waals surface area contributed by atoms with Crippen molar-refractivity contribution in [1.29, 1.82) is 0 Å². The van der Waals surface area contributed by atoms with Gasteiger partial charge in [-0.05, 0) is 25.1 Å². The Morgan fingerprint density at radius 3 is 2.71 bits per heavy atom. The van der Waals surface area contributed by atoms with E-state index in [1.54, 1.807) is 6.07 Å². The molecule has 2 N–H and O–H groups in total. The number of aryl methyl sites for hydroxylation is 1. The molecule has 3 rings (SSSR count). The van der Waals surface area contributed by atoms with Crippen LogP contribution in [-0.4, -0.2) is 24.6 Å². The van der Waals surface area contributed by atoms with Gasteiger partial charge in [0.2, 0.25) is 5.89 Å². The van der Waals surface area contributed by atoms with E-state index in [0.717, 1.165) is 21.8 Å². The van der Waals surface area contributed by atoms with Crippen LogP contribution in [0.1, 0.15) is 10.7 Å². The number of oxazole rings is 1. The highest BCUT2D eigenvalue weighted by molar-refractivity contribution is 7.90. The third-order valence-electron chi connectivity index (χ3n) is 3.00. The number of hydrogen-bond donors (Lipinski definition) is 1. The number of aromatic nitrogens is 2. The molecule has 8 heteroatoms. The van der Waals surface area contributed by atoms with Crippen molar-refractivity contribution in [2.75, 3.05) is 6.26 Å². The van der Waals surface area contributed by atoms with Gasteiger partial charge >= 0.3 is 0 Å². The molecule has 2 aromatic heterocycles. The molecule has 0 amide bonds. The van der Waals surface area contributed by atoms with E-state index >= 15 is 0 Å². The summed E-state index contributed by atoms with van der Waals surface area (Å²) in [5, 5.41) is 0.807. The Balaban J connectivity index is 2.14. The van der Waals surface area contributed by atoms with Gasteiger partial charge in [-0.15, -0.1) is 11.3 Å². The first-order valence-corrected chi connectivity index (χ1v) is 8.86. The summed E-state index contributed by atoms with van der Waals surface area (Å²) in [6.45, 7) is 2.23. The molecule has 2 heterocycles. The zero-order chi connectivity index (χ0) is 15.2. The van der Waals surface area contributed by atoms with Gasteiger partial charge in [-0.3, -0.25) is 0 Å². The van der Waals surface area contributed by atoms with E-state index in [9.17, 15) is 8.42 Å². The lowest BCUT2D eigenvalue weighted by Crippen LogP contribution is -1.95. The summed E-state index contributed by atoms with van der Waals surface area (Å²) in [7, 11) is -3.27. The number of benzene rings is 1. The van der Waals surface area contributed by atoms with Crippen LogP contribution in [0.15, 0.2) is 27.5 Å². The van der Waals surface area contributed by atoms with E-state index in [4.69, 9.17) is 10.2 Å². The van der Waals surface area contributed by atoms with Gasteiger partial charge in [0.15, 0.2) is 15.4 Å². The molecular weight excluding hydrogens is 310 g/mol. The van der Waals surface area contributed by atoms with Crippen molar-refractivity contribution in [3.63, 3.8) is 0 Å². The smallest absolute Gasteiger partial charge is 0.239 e. The summed E-state index contributed by atoms with van der Waals surface area (Å²) < 4.78 is 28.8. The largest absolute Gasteiger partial charge is 0.435 e. The van der Waals surface area contributed by atoms with Gasteiger partial charge in [-0.2, -0.15) is 0 Å². The minimum absolute atomic E-state index is 0.221. The highest BCUT2D eigenvalue weighted by Gasteiger charge is 2.17. The molecule has 0 bridgehead atoms. The number of thiazole rings is 1. The second-order valence-corrected chi connectivity index (χ2v) is 7.75. The number of sulfone groups is 1. The van der Waals surface area contributed by atoms with Crippen molar-refractivity contribution in [3.05, 3.63) is 28.9 Å². The summed E-state index contributed by atoms with van der Waals surface area (Å²) in [5.74, 6) is 0.436. The molecule has 0 unspecified atom stereocenters. The molecule has 110 valence electrons. The van der Waals surface area contributed by atoms with Gasteiger partial charge in [-0.25, -0.2) is 18.4 Å². The zero-order valence-corrected chi connectivity index (χ0v) is 13.1. The van der Waals surface area contributed by atoms with Crippen molar-refractivity contribution in [1.82, 2.24) is 9.97 Å². The van der Waals surface area contributed by atoms with Gasteiger partial charge in [0, 0.05) is 12.8 Å². The number of nitrogens with two attached hydrogens (primary N) is 1. The van der Waals surface area contributed by atoms with Crippen LogP contribution in [0.5, 0.6) is 0 Å². The zero-order valence-electron chi connectivity index (χ0n) is 11.5. The monoisotopic (exact) mass is 323 g/mol. The quantitative estimate of drug-likeness (QED) is 0.792. The molecular formula is C13H13N3O3S2. The fraction of sp³-hybridized carbons (Fsp3) is 0.231. The average molecular weight is 323 g/mol. The van der Waals surface area contributed by atoms with Gasteiger partial charge in [0.1, 0.15) is 15.4 Å². The second kappa shape index (κ2) is 4.90. The highest BCUT2D eigenvalue weighted by atomic mass is 32.2. The standard InChI is InChI=1S/C13H13N3O3S2/c1-7-12(20-11(6-14)15-7)13-16-9-5-8(21(2,17)18)3-4-10(9)19-13/h3-5H,6,14H2,1-2H3. The third-order valence-corrected chi connectivity index (χ3v) is 5.27. The van der Waals surface area contributed by atoms with E-state index < -0.39 is 9.84 Å². The number of nitrogens with zero attached hydrogens (tertiary/aromatic N) is 2. The lowest BCUT2D eigenvalue weighted by atomic mass is 10.3. The van der Waals surface area contributed by atoms with E-state index in [1.165, 1.54) is 23.5 Å². The SMILES string of the molecule is Cc1nc(CN)sc1-c1nc2cc(S(C)(=O)=O)ccc2o1. The molecule has 0 aliphatic carbocycles. The van der Waals surface area contributed by atoms with Gasteiger partial charge in [-0.1, -0.05) is 0 Å². The molecule has 3 aromatic rings. The molecule has 0 saturated heterocycles. The van der Waals surface area contributed by atoms with E-state index in [1.807, 2.05) is 6.92 Å². The molecule has 0 aliphatic heterocycles. The van der Waals surface area contributed by atoms with Crippen LogP contribution in [0.4, 0.5) is 0 Å². The number of fused-ring (bicyclic) bond motifs is 1. The van der Waals surface area contributed by atoms with E-state index in [0.29, 0.717) is 23.5 Å². The van der Waals surface area contributed by atoms with Crippen LogP contribution in [0.25, 0.3) is 21.9 Å². The Labute approximate surface area is 125 Å². The maximum absolute atomic E-state index is 11.6. The fourth-order valence-corrected chi connectivity index (χ4v) is 3.48. The van der Waals surface area contributed by atoms with Crippen molar-refractivity contribution in [2.45, 2.75) is 18.4 Å². The molecule has 21 heavy (non-hydrogen) atoms. The fourth-order valence-electron chi connectivity index (χ4n) is 1.97. The summed E-state index contributed by atoms with van der Waals surface area (Å²) in [6, 6.07) is 4.64. The first-order valence-electron chi connectivity index (χ1n) is 6.16. The van der Waals surface area contributed by atoms with Gasteiger partial charge in [0.05, 0.1) is 10.6 Å². The maximum atomic E-state index is 11.6. The Hall–Kier alpha value is -1.77. The minimum Gasteiger partial charge on any atom is -0.435 e. The maximum Gasteiger partial charge on any atom is 0.239 e. The van der Waals surface area contributed by atoms with Crippen LogP contribution in [-0.2, 0) is 16.4 Å². The topological polar surface area (TPSA) is 99.1 Å². The van der Waals surface area contributed by atoms with Crippen LogP contribution >= 0.6 is 11.3 Å². The summed E-state index contributed by atoms with van der Waals surface area (Å²) >= 11 is 1.43. The molecule has 6 nitrogen and oxygen atoms in total. The van der Waals surface area contributed by atoms with Crippen LogP contribution < -0.4 is 5.73 Å². The normalized spacial score (nSPS) is 12.1. The molecule has 0 atom stereocenters. The molecule has 0 radical (unpaired) electrons. The van der Waals surface area contributed by atoms with Crippen LogP contribution in [0.3, 0.4) is 0 Å². The van der Waals surface area contributed by atoms with E-state index in [-0.39, 0.29) is 4.90 Å². The molecule has 0 spiro atoms. The molecule has 1 aromatic carbocycles. The Bertz CT molecular complexity index is 925. The summed E-state index contributed by atoms with van der Waals surface area (Å²) in [6.07, 6.45) is 1.16. The third kappa shape index (κ3) is 2.57. The van der Waals surface area contributed by atoms with Crippen LogP contribution in [0, 0.1) is 6.92 Å². The molecule has 0 saturated carbocycles. The van der Waals surface area contributed by atoms with Crippen molar-refractivity contribution < 1.29 is 12.8 Å². The number of rotatable bonds is 3. The average Bonchev–Trinajstić information content (AvgIpc) is 2.99. The molecule has 0 aliphatic rings. The van der Waals surface area contributed by atoms with Crippen molar-refractivity contribution >= 4 is 32.3 Å². The second-order valence-electron chi connectivity index (χ2n) is 4.65. The highest BCUT2D eigenvalue weighted by Crippen LogP contribution is 2.32. The predicted octanol–water partition coefficient (Wildman–Crippen LogP) is 2.12. The Kier molecular flexibility index (Phi) is 3.31. The summed E-state index contributed by atoms with van der Waals surface area (Å²) in [4.78, 5) is 9.73. The first-order chi connectivity index (χ1) is 9.88. The van der Waals surface area contributed by atoms with Crippen molar-refractivity contribution in [3.8, 4) is 10.8 Å².